The van der Waals surface area contributed by atoms with Crippen molar-refractivity contribution in [2.24, 2.45) is 11.8 Å². The van der Waals surface area contributed by atoms with Crippen LogP contribution in [0.15, 0.2) is 30.3 Å². The zero-order chi connectivity index (χ0) is 21.2. The molecule has 1 rings (SSSR count). The van der Waals surface area contributed by atoms with Crippen molar-refractivity contribution in [2.75, 3.05) is 13.7 Å². The number of carbonyl (C=O) groups is 2. The van der Waals surface area contributed by atoms with E-state index in [9.17, 15) is 9.59 Å². The summed E-state index contributed by atoms with van der Waals surface area (Å²) in [5.41, 5.74) is 0.434. The average Bonchev–Trinajstić information content (AvgIpc) is 2.64. The van der Waals surface area contributed by atoms with Gasteiger partial charge >= 0.3 is 12.1 Å². The van der Waals surface area contributed by atoms with Crippen LogP contribution in [0, 0.1) is 24.2 Å². The molecule has 1 unspecified atom stereocenters. The Balaban J connectivity index is 2.94. The Kier molecular flexibility index (Phi) is 9.58. The summed E-state index contributed by atoms with van der Waals surface area (Å²) in [4.78, 5) is 26.5. The predicted molar refractivity (Wildman–Crippen MR) is 110 cm³/mol. The van der Waals surface area contributed by atoms with Crippen molar-refractivity contribution in [2.45, 2.75) is 59.1 Å². The van der Waals surface area contributed by atoms with Crippen LogP contribution in [0.2, 0.25) is 0 Å². The van der Waals surface area contributed by atoms with Crippen molar-refractivity contribution in [3.8, 4) is 12.3 Å². The first-order chi connectivity index (χ1) is 13.2. The van der Waals surface area contributed by atoms with Crippen LogP contribution < -0.4 is 0 Å². The molecule has 28 heavy (non-hydrogen) atoms. The Morgan fingerprint density at radius 3 is 2.36 bits per heavy atom. The Bertz CT molecular complexity index is 657. The maximum Gasteiger partial charge on any atom is 0.410 e. The van der Waals surface area contributed by atoms with Crippen molar-refractivity contribution in [3.63, 3.8) is 0 Å². The van der Waals surface area contributed by atoms with Crippen molar-refractivity contribution in [1.82, 2.24) is 4.90 Å². The molecule has 0 saturated heterocycles. The summed E-state index contributed by atoms with van der Waals surface area (Å²) in [5, 5.41) is 0. The number of hydrogen-bond acceptors (Lipinski definition) is 4. The third-order valence-electron chi connectivity index (χ3n) is 4.53. The molecule has 0 fully saturated rings. The van der Waals surface area contributed by atoms with E-state index in [1.165, 1.54) is 7.11 Å². The second-order valence-electron chi connectivity index (χ2n) is 7.88. The molecule has 5 heteroatoms. The smallest absolute Gasteiger partial charge is 0.410 e. The van der Waals surface area contributed by atoms with E-state index in [1.807, 2.05) is 58.0 Å². The minimum atomic E-state index is -0.581. The lowest BCUT2D eigenvalue weighted by Gasteiger charge is -2.30. The first kappa shape index (κ1) is 23.6. The van der Waals surface area contributed by atoms with E-state index >= 15 is 0 Å². The topological polar surface area (TPSA) is 55.8 Å². The van der Waals surface area contributed by atoms with E-state index in [1.54, 1.807) is 4.90 Å². The van der Waals surface area contributed by atoms with Gasteiger partial charge in [0.2, 0.25) is 0 Å². The highest BCUT2D eigenvalue weighted by Gasteiger charge is 2.29. The number of nitrogens with zero attached hydrogens (tertiary/aromatic N) is 1. The fourth-order valence-electron chi connectivity index (χ4n) is 3.13. The molecule has 1 amide bonds. The fraction of sp³-hybridized carbons (Fsp3) is 0.565. The fourth-order valence-corrected chi connectivity index (χ4v) is 3.13. The van der Waals surface area contributed by atoms with E-state index in [2.05, 4.69) is 5.92 Å². The van der Waals surface area contributed by atoms with Crippen LogP contribution in [0.1, 0.15) is 52.5 Å². The van der Waals surface area contributed by atoms with Gasteiger partial charge in [-0.15, -0.1) is 12.3 Å². The molecule has 1 aromatic carbocycles. The van der Waals surface area contributed by atoms with Gasteiger partial charge in [-0.25, -0.2) is 4.79 Å². The molecule has 154 valence electrons. The summed E-state index contributed by atoms with van der Waals surface area (Å²) in [6, 6.07) is 9.76. The van der Waals surface area contributed by atoms with Crippen LogP contribution in [0.4, 0.5) is 4.79 Å². The molecule has 0 heterocycles. The molecule has 0 bridgehead atoms. The molecule has 2 atom stereocenters. The second-order valence-corrected chi connectivity index (χ2v) is 7.88. The van der Waals surface area contributed by atoms with Gasteiger partial charge in [-0.2, -0.15) is 0 Å². The minimum Gasteiger partial charge on any atom is -0.469 e. The molecule has 0 aliphatic rings. The summed E-state index contributed by atoms with van der Waals surface area (Å²) in [6.45, 7) is 8.36. The monoisotopic (exact) mass is 387 g/mol. The lowest BCUT2D eigenvalue weighted by atomic mass is 9.85. The van der Waals surface area contributed by atoms with Crippen LogP contribution in [0.5, 0.6) is 0 Å². The van der Waals surface area contributed by atoms with Gasteiger partial charge in [0.15, 0.2) is 0 Å². The van der Waals surface area contributed by atoms with E-state index in [-0.39, 0.29) is 23.9 Å². The Hall–Kier alpha value is -2.48. The number of ether oxygens (including phenoxy) is 2. The first-order valence-corrected chi connectivity index (χ1v) is 9.75. The lowest BCUT2D eigenvalue weighted by Crippen LogP contribution is -2.38. The molecule has 0 saturated carbocycles. The third kappa shape index (κ3) is 8.04. The predicted octanol–water partition coefficient (Wildman–Crippen LogP) is 4.65. The number of rotatable bonds is 9. The number of benzene rings is 1. The molecule has 5 nitrogen and oxygen atoms in total. The number of carbonyl (C=O) groups excluding carboxylic acids is 2. The molecule has 0 N–H and O–H groups in total. The molecule has 1 aromatic rings. The standard InChI is InChI=1S/C23H33NO4/c1-7-12-19(20(8-2)21(25)27-6)15-16-24(22(26)28-23(3,4)5)17-18-13-10-9-11-14-18/h1,9-11,13-14,19-20H,8,12,15-17H2,2-6H3/t19-,20?/m0/s1. The Labute approximate surface area is 169 Å². The summed E-state index contributed by atoms with van der Waals surface area (Å²) in [6.07, 6.45) is 6.86. The lowest BCUT2D eigenvalue weighted by molar-refractivity contribution is -0.147. The van der Waals surface area contributed by atoms with E-state index < -0.39 is 5.60 Å². The Morgan fingerprint density at radius 2 is 1.86 bits per heavy atom. The van der Waals surface area contributed by atoms with Crippen LogP contribution in [-0.2, 0) is 20.8 Å². The quantitative estimate of drug-likeness (QED) is 0.457. The average molecular weight is 388 g/mol. The highest BCUT2D eigenvalue weighted by molar-refractivity contribution is 5.72. The molecular formula is C23H33NO4. The number of esters is 1. The minimum absolute atomic E-state index is 0.0526. The maximum atomic E-state index is 12.7. The van der Waals surface area contributed by atoms with E-state index in [0.717, 1.165) is 5.56 Å². The van der Waals surface area contributed by atoms with Gasteiger partial charge in [0.05, 0.1) is 13.0 Å². The van der Waals surface area contributed by atoms with Crippen LogP contribution in [0.3, 0.4) is 0 Å². The van der Waals surface area contributed by atoms with Crippen molar-refractivity contribution < 1.29 is 19.1 Å². The zero-order valence-electron chi connectivity index (χ0n) is 17.7. The Morgan fingerprint density at radius 1 is 1.21 bits per heavy atom. The maximum absolute atomic E-state index is 12.7. The largest absolute Gasteiger partial charge is 0.469 e. The summed E-state index contributed by atoms with van der Waals surface area (Å²) < 4.78 is 10.5. The van der Waals surface area contributed by atoms with Gasteiger partial charge in [-0.1, -0.05) is 37.3 Å². The van der Waals surface area contributed by atoms with Crippen LogP contribution >= 0.6 is 0 Å². The van der Waals surface area contributed by atoms with Gasteiger partial charge in [0.1, 0.15) is 5.60 Å². The molecule has 0 aliphatic carbocycles. The highest BCUT2D eigenvalue weighted by atomic mass is 16.6. The van der Waals surface area contributed by atoms with Crippen molar-refractivity contribution in [3.05, 3.63) is 35.9 Å². The van der Waals surface area contributed by atoms with Crippen LogP contribution in [0.25, 0.3) is 0 Å². The summed E-state index contributed by atoms with van der Waals surface area (Å²) >= 11 is 0. The van der Waals surface area contributed by atoms with E-state index in [4.69, 9.17) is 15.9 Å². The van der Waals surface area contributed by atoms with Crippen molar-refractivity contribution >= 4 is 12.1 Å². The van der Waals surface area contributed by atoms with Crippen LogP contribution in [-0.4, -0.2) is 36.2 Å². The number of amides is 1. The summed E-state index contributed by atoms with van der Waals surface area (Å²) in [7, 11) is 1.39. The van der Waals surface area contributed by atoms with Gasteiger partial charge in [0, 0.05) is 19.5 Å². The molecule has 0 radical (unpaired) electrons. The first-order valence-electron chi connectivity index (χ1n) is 9.75. The molecule has 0 spiro atoms. The number of terminal acetylenes is 1. The number of methoxy groups -OCH3 is 1. The normalized spacial score (nSPS) is 13.1. The zero-order valence-corrected chi connectivity index (χ0v) is 17.7. The van der Waals surface area contributed by atoms with Gasteiger partial charge in [-0.3, -0.25) is 4.79 Å². The second kappa shape index (κ2) is 11.4. The van der Waals surface area contributed by atoms with Gasteiger partial charge in [0.25, 0.3) is 0 Å². The SMILES string of the molecule is C#CC[C@@H](CCN(Cc1ccccc1)C(=O)OC(C)(C)C)C(CC)C(=O)OC. The number of hydrogen-bond donors (Lipinski definition) is 0. The third-order valence-corrected chi connectivity index (χ3v) is 4.53. The highest BCUT2D eigenvalue weighted by Crippen LogP contribution is 2.25. The van der Waals surface area contributed by atoms with Gasteiger partial charge < -0.3 is 14.4 Å². The molecular weight excluding hydrogens is 354 g/mol. The molecule has 0 aliphatic heterocycles. The van der Waals surface area contributed by atoms with Crippen molar-refractivity contribution in [1.29, 1.82) is 0 Å². The van der Waals surface area contributed by atoms with Gasteiger partial charge in [-0.05, 0) is 45.1 Å². The molecule has 0 aromatic heterocycles. The summed E-state index contributed by atoms with van der Waals surface area (Å²) in [5.74, 6) is 2.07. The van der Waals surface area contributed by atoms with E-state index in [0.29, 0.717) is 32.4 Å².